The molecule has 0 aliphatic heterocycles. The molecule has 0 aliphatic carbocycles. The molecular weight excluding hydrogens is 390 g/mol. The highest BCUT2D eigenvalue weighted by molar-refractivity contribution is 7.10. The molecule has 0 aliphatic rings. The maximum absolute atomic E-state index is 12.5. The van der Waals surface area contributed by atoms with Crippen LogP contribution in [0.2, 0.25) is 0 Å². The Hall–Kier alpha value is -2.57. The second-order valence-electron chi connectivity index (χ2n) is 6.05. The second-order valence-corrected chi connectivity index (χ2v) is 8.07. The van der Waals surface area contributed by atoms with Crippen molar-refractivity contribution in [3.8, 4) is 11.5 Å². The van der Waals surface area contributed by atoms with Crippen LogP contribution in [0.25, 0.3) is 6.08 Å². The van der Waals surface area contributed by atoms with Gasteiger partial charge in [-0.2, -0.15) is 0 Å². The van der Waals surface area contributed by atoms with E-state index in [2.05, 4.69) is 0 Å². The number of methoxy groups -OCH3 is 1. The van der Waals surface area contributed by atoms with E-state index in [4.69, 9.17) is 9.47 Å². The highest BCUT2D eigenvalue weighted by Gasteiger charge is 2.12. The van der Waals surface area contributed by atoms with Crippen LogP contribution in [-0.4, -0.2) is 24.5 Å². The number of carbonyl (C=O) groups is 1. The zero-order valence-electron chi connectivity index (χ0n) is 16.0. The van der Waals surface area contributed by atoms with Crippen molar-refractivity contribution in [2.24, 2.45) is 0 Å². The summed E-state index contributed by atoms with van der Waals surface area (Å²) in [6, 6.07) is 13.8. The van der Waals surface area contributed by atoms with Gasteiger partial charge >= 0.3 is 0 Å². The average molecular weight is 414 g/mol. The molecule has 0 bridgehead atoms. The molecule has 0 N–H and O–H groups in total. The van der Waals surface area contributed by atoms with Gasteiger partial charge in [-0.1, -0.05) is 18.2 Å². The van der Waals surface area contributed by atoms with Gasteiger partial charge in [-0.3, -0.25) is 4.79 Å². The summed E-state index contributed by atoms with van der Waals surface area (Å²) in [7, 11) is 1.63. The fourth-order valence-electron chi connectivity index (χ4n) is 2.68. The Morgan fingerprint density at radius 3 is 2.61 bits per heavy atom. The van der Waals surface area contributed by atoms with E-state index in [1.807, 2.05) is 66.2 Å². The summed E-state index contributed by atoms with van der Waals surface area (Å²) in [6.45, 7) is 3.64. The standard InChI is InChI=1S/C22H23NO3S2/c1-3-23(22(24)11-9-18-6-4-12-27-18)15-17-8-10-20(21(14-17)25-2)26-16-19-7-5-13-28-19/h4-14H,3,15-16H2,1-2H3/b11-9+. The number of hydrogen-bond donors (Lipinski definition) is 0. The number of thiophene rings is 2. The zero-order chi connectivity index (χ0) is 19.8. The quantitative estimate of drug-likeness (QED) is 0.437. The highest BCUT2D eigenvalue weighted by atomic mass is 32.1. The molecule has 146 valence electrons. The lowest BCUT2D eigenvalue weighted by Crippen LogP contribution is -2.28. The highest BCUT2D eigenvalue weighted by Crippen LogP contribution is 2.29. The van der Waals surface area contributed by atoms with Gasteiger partial charge in [0.25, 0.3) is 0 Å². The number of ether oxygens (including phenoxy) is 2. The first-order chi connectivity index (χ1) is 13.7. The van der Waals surface area contributed by atoms with Crippen LogP contribution in [0.15, 0.2) is 59.3 Å². The summed E-state index contributed by atoms with van der Waals surface area (Å²) >= 11 is 3.27. The third kappa shape index (κ3) is 5.47. The molecule has 28 heavy (non-hydrogen) atoms. The number of benzene rings is 1. The fourth-order valence-corrected chi connectivity index (χ4v) is 3.92. The van der Waals surface area contributed by atoms with Crippen molar-refractivity contribution >= 4 is 34.7 Å². The minimum Gasteiger partial charge on any atom is -0.493 e. The summed E-state index contributed by atoms with van der Waals surface area (Å²) in [5.41, 5.74) is 1.00. The van der Waals surface area contributed by atoms with Crippen molar-refractivity contribution < 1.29 is 14.3 Å². The third-order valence-electron chi connectivity index (χ3n) is 4.18. The number of amides is 1. The Bertz CT molecular complexity index is 902. The average Bonchev–Trinajstić information content (AvgIpc) is 3.43. The number of nitrogens with zero attached hydrogens (tertiary/aromatic N) is 1. The predicted octanol–water partition coefficient (Wildman–Crippen LogP) is 5.46. The van der Waals surface area contributed by atoms with Crippen LogP contribution in [0.3, 0.4) is 0 Å². The van der Waals surface area contributed by atoms with Crippen LogP contribution in [0, 0.1) is 0 Å². The van der Waals surface area contributed by atoms with E-state index >= 15 is 0 Å². The number of rotatable bonds is 9. The molecule has 0 saturated carbocycles. The molecule has 3 rings (SSSR count). The molecular formula is C22H23NO3S2. The van der Waals surface area contributed by atoms with Gasteiger partial charge in [0, 0.05) is 28.9 Å². The first kappa shape index (κ1) is 20.2. The largest absolute Gasteiger partial charge is 0.493 e. The summed E-state index contributed by atoms with van der Waals surface area (Å²) in [5.74, 6) is 1.37. The number of carbonyl (C=O) groups excluding carboxylic acids is 1. The Kier molecular flexibility index (Phi) is 7.28. The fraction of sp³-hybridized carbons (Fsp3) is 0.227. The van der Waals surface area contributed by atoms with Gasteiger partial charge in [0.2, 0.25) is 5.91 Å². The Balaban J connectivity index is 1.65. The molecule has 0 unspecified atom stereocenters. The number of hydrogen-bond acceptors (Lipinski definition) is 5. The van der Waals surface area contributed by atoms with Gasteiger partial charge < -0.3 is 14.4 Å². The summed E-state index contributed by atoms with van der Waals surface area (Å²) in [5, 5.41) is 4.03. The Morgan fingerprint density at radius 2 is 1.93 bits per heavy atom. The van der Waals surface area contributed by atoms with E-state index in [1.165, 1.54) is 0 Å². The van der Waals surface area contributed by atoms with Crippen molar-refractivity contribution in [2.45, 2.75) is 20.1 Å². The van der Waals surface area contributed by atoms with Crippen molar-refractivity contribution in [2.75, 3.05) is 13.7 Å². The lowest BCUT2D eigenvalue weighted by Gasteiger charge is -2.20. The molecule has 2 heterocycles. The van der Waals surface area contributed by atoms with E-state index < -0.39 is 0 Å². The van der Waals surface area contributed by atoms with Gasteiger partial charge in [0.15, 0.2) is 11.5 Å². The zero-order valence-corrected chi connectivity index (χ0v) is 17.6. The van der Waals surface area contributed by atoms with Crippen LogP contribution in [-0.2, 0) is 17.9 Å². The predicted molar refractivity (Wildman–Crippen MR) is 116 cm³/mol. The minimum absolute atomic E-state index is 0.00658. The van der Waals surface area contributed by atoms with Crippen LogP contribution >= 0.6 is 22.7 Å². The summed E-state index contributed by atoms with van der Waals surface area (Å²) in [6.07, 6.45) is 3.49. The van der Waals surface area contributed by atoms with E-state index in [1.54, 1.807) is 40.8 Å². The molecule has 0 spiro atoms. The topological polar surface area (TPSA) is 38.8 Å². The number of likely N-dealkylation sites (N-methyl/N-ethyl adjacent to an activating group) is 1. The summed E-state index contributed by atoms with van der Waals surface area (Å²) < 4.78 is 11.4. The minimum atomic E-state index is -0.00658. The van der Waals surface area contributed by atoms with Crippen molar-refractivity contribution in [1.82, 2.24) is 4.90 Å². The molecule has 1 amide bonds. The molecule has 1 aromatic carbocycles. The third-order valence-corrected chi connectivity index (χ3v) is 5.87. The molecule has 4 nitrogen and oxygen atoms in total. The van der Waals surface area contributed by atoms with E-state index in [0.717, 1.165) is 15.3 Å². The van der Waals surface area contributed by atoms with E-state index in [0.29, 0.717) is 31.2 Å². The molecule has 3 aromatic rings. The lowest BCUT2D eigenvalue weighted by molar-refractivity contribution is -0.126. The molecule has 0 atom stereocenters. The van der Waals surface area contributed by atoms with Gasteiger partial charge in [-0.15, -0.1) is 22.7 Å². The molecule has 0 radical (unpaired) electrons. The van der Waals surface area contributed by atoms with Crippen LogP contribution < -0.4 is 9.47 Å². The second kappa shape index (κ2) is 10.1. The smallest absolute Gasteiger partial charge is 0.246 e. The van der Waals surface area contributed by atoms with E-state index in [9.17, 15) is 4.79 Å². The maximum atomic E-state index is 12.5. The van der Waals surface area contributed by atoms with Crippen LogP contribution in [0.5, 0.6) is 11.5 Å². The van der Waals surface area contributed by atoms with Gasteiger partial charge in [-0.05, 0) is 53.6 Å². The summed E-state index contributed by atoms with van der Waals surface area (Å²) in [4.78, 5) is 16.5. The Labute approximate surface area is 173 Å². The Morgan fingerprint density at radius 1 is 1.11 bits per heavy atom. The van der Waals surface area contributed by atoms with Crippen LogP contribution in [0.4, 0.5) is 0 Å². The molecule has 6 heteroatoms. The van der Waals surface area contributed by atoms with Crippen molar-refractivity contribution in [3.63, 3.8) is 0 Å². The van der Waals surface area contributed by atoms with Gasteiger partial charge in [0.1, 0.15) is 6.61 Å². The monoisotopic (exact) mass is 413 g/mol. The van der Waals surface area contributed by atoms with Gasteiger partial charge in [-0.25, -0.2) is 0 Å². The van der Waals surface area contributed by atoms with Crippen LogP contribution in [0.1, 0.15) is 22.2 Å². The molecule has 0 saturated heterocycles. The SMILES string of the molecule is CCN(Cc1ccc(OCc2cccs2)c(OC)c1)C(=O)/C=C/c1cccs1. The first-order valence-corrected chi connectivity index (χ1v) is 10.8. The molecule has 2 aromatic heterocycles. The van der Waals surface area contributed by atoms with E-state index in [-0.39, 0.29) is 5.91 Å². The van der Waals surface area contributed by atoms with Gasteiger partial charge in [0.05, 0.1) is 7.11 Å². The lowest BCUT2D eigenvalue weighted by atomic mass is 10.2. The normalized spacial score (nSPS) is 10.9. The first-order valence-electron chi connectivity index (χ1n) is 9.02. The molecule has 0 fully saturated rings. The maximum Gasteiger partial charge on any atom is 0.246 e. The van der Waals surface area contributed by atoms with Crippen molar-refractivity contribution in [3.05, 3.63) is 74.6 Å². The van der Waals surface area contributed by atoms with Crippen molar-refractivity contribution in [1.29, 1.82) is 0 Å².